The van der Waals surface area contributed by atoms with E-state index in [9.17, 15) is 9.59 Å². The SMILES string of the molecule is COC(=O)/C=C/C(=O)OCC(C)CN(C)C. The summed E-state index contributed by atoms with van der Waals surface area (Å²) in [6, 6.07) is 0. The monoisotopic (exact) mass is 229 g/mol. The highest BCUT2D eigenvalue weighted by Gasteiger charge is 2.06. The average Bonchev–Trinajstić information content (AvgIpc) is 2.22. The van der Waals surface area contributed by atoms with Crippen molar-refractivity contribution in [2.24, 2.45) is 5.92 Å². The molecule has 0 aliphatic heterocycles. The first-order chi connectivity index (χ1) is 7.45. The van der Waals surface area contributed by atoms with Crippen molar-refractivity contribution in [1.82, 2.24) is 4.90 Å². The minimum absolute atomic E-state index is 0.255. The second-order valence-corrected chi connectivity index (χ2v) is 3.85. The van der Waals surface area contributed by atoms with Gasteiger partial charge in [0.1, 0.15) is 0 Å². The molecule has 0 aliphatic rings. The van der Waals surface area contributed by atoms with Crippen molar-refractivity contribution in [3.63, 3.8) is 0 Å². The van der Waals surface area contributed by atoms with Crippen LogP contribution in [0.15, 0.2) is 12.2 Å². The molecule has 0 bridgehead atoms. The van der Waals surface area contributed by atoms with Crippen molar-refractivity contribution in [1.29, 1.82) is 0 Å². The summed E-state index contributed by atoms with van der Waals surface area (Å²) in [6.07, 6.45) is 2.10. The summed E-state index contributed by atoms with van der Waals surface area (Å²) < 4.78 is 9.28. The van der Waals surface area contributed by atoms with Crippen molar-refractivity contribution in [3.05, 3.63) is 12.2 Å². The Balaban J connectivity index is 3.81. The lowest BCUT2D eigenvalue weighted by Gasteiger charge is -2.16. The van der Waals surface area contributed by atoms with Gasteiger partial charge in [0, 0.05) is 24.6 Å². The Morgan fingerprint density at radius 1 is 1.25 bits per heavy atom. The number of rotatable bonds is 6. The molecule has 0 aromatic carbocycles. The Morgan fingerprint density at radius 3 is 2.31 bits per heavy atom. The van der Waals surface area contributed by atoms with E-state index in [-0.39, 0.29) is 5.92 Å². The molecule has 0 aliphatic carbocycles. The van der Waals surface area contributed by atoms with E-state index >= 15 is 0 Å². The van der Waals surface area contributed by atoms with E-state index < -0.39 is 11.9 Å². The first-order valence-electron chi connectivity index (χ1n) is 5.03. The molecule has 0 amide bonds. The minimum atomic E-state index is -0.571. The molecule has 0 aromatic rings. The third-order valence-corrected chi connectivity index (χ3v) is 1.74. The highest BCUT2D eigenvalue weighted by Crippen LogP contribution is 1.98. The molecule has 5 heteroatoms. The number of nitrogens with zero attached hydrogens (tertiary/aromatic N) is 1. The van der Waals surface area contributed by atoms with E-state index in [1.807, 2.05) is 25.9 Å². The van der Waals surface area contributed by atoms with Gasteiger partial charge in [-0.25, -0.2) is 9.59 Å². The van der Waals surface area contributed by atoms with Crippen LogP contribution in [0, 0.1) is 5.92 Å². The standard InChI is InChI=1S/C11H19NO4/c1-9(7-12(2)3)8-16-11(14)6-5-10(13)15-4/h5-6,9H,7-8H2,1-4H3/b6-5+. The molecule has 0 spiro atoms. The van der Waals surface area contributed by atoms with E-state index in [0.29, 0.717) is 6.61 Å². The maximum Gasteiger partial charge on any atom is 0.331 e. The third kappa shape index (κ3) is 7.99. The lowest BCUT2D eigenvalue weighted by molar-refractivity contribution is -0.140. The minimum Gasteiger partial charge on any atom is -0.466 e. The van der Waals surface area contributed by atoms with Crippen LogP contribution in [-0.2, 0) is 19.1 Å². The Hall–Kier alpha value is -1.36. The summed E-state index contributed by atoms with van der Waals surface area (Å²) in [5.74, 6) is -0.847. The lowest BCUT2D eigenvalue weighted by atomic mass is 10.2. The molecule has 16 heavy (non-hydrogen) atoms. The van der Waals surface area contributed by atoms with Gasteiger partial charge in [0.05, 0.1) is 13.7 Å². The third-order valence-electron chi connectivity index (χ3n) is 1.74. The van der Waals surface area contributed by atoms with Crippen LogP contribution >= 0.6 is 0 Å². The van der Waals surface area contributed by atoms with Crippen molar-refractivity contribution in [3.8, 4) is 0 Å². The molecule has 0 N–H and O–H groups in total. The smallest absolute Gasteiger partial charge is 0.331 e. The zero-order valence-electron chi connectivity index (χ0n) is 10.2. The Kier molecular flexibility index (Phi) is 7.20. The maximum absolute atomic E-state index is 11.1. The molecule has 0 fully saturated rings. The van der Waals surface area contributed by atoms with Gasteiger partial charge in [-0.15, -0.1) is 0 Å². The van der Waals surface area contributed by atoms with Gasteiger partial charge in [-0.05, 0) is 14.1 Å². The normalized spacial score (nSPS) is 12.8. The Bertz CT molecular complexity index is 261. The molecule has 0 saturated carbocycles. The van der Waals surface area contributed by atoms with Crippen LogP contribution < -0.4 is 0 Å². The van der Waals surface area contributed by atoms with E-state index in [4.69, 9.17) is 4.74 Å². The van der Waals surface area contributed by atoms with Crippen LogP contribution in [0.3, 0.4) is 0 Å². The molecular weight excluding hydrogens is 210 g/mol. The number of carbonyl (C=O) groups excluding carboxylic acids is 2. The average molecular weight is 229 g/mol. The summed E-state index contributed by atoms with van der Waals surface area (Å²) in [7, 11) is 5.15. The fraction of sp³-hybridized carbons (Fsp3) is 0.636. The number of hydrogen-bond acceptors (Lipinski definition) is 5. The Labute approximate surface area is 96.0 Å². The van der Waals surface area contributed by atoms with E-state index in [2.05, 4.69) is 4.74 Å². The van der Waals surface area contributed by atoms with Gasteiger partial charge in [0.2, 0.25) is 0 Å². The van der Waals surface area contributed by atoms with Gasteiger partial charge in [-0.2, -0.15) is 0 Å². The van der Waals surface area contributed by atoms with Crippen LogP contribution in [0.1, 0.15) is 6.92 Å². The van der Waals surface area contributed by atoms with Crippen LogP contribution in [-0.4, -0.2) is 51.2 Å². The summed E-state index contributed by atoms with van der Waals surface area (Å²) in [4.78, 5) is 23.8. The second kappa shape index (κ2) is 7.87. The molecule has 0 heterocycles. The molecule has 1 atom stereocenters. The number of carbonyl (C=O) groups is 2. The van der Waals surface area contributed by atoms with Crippen molar-refractivity contribution >= 4 is 11.9 Å². The van der Waals surface area contributed by atoms with Crippen LogP contribution in [0.4, 0.5) is 0 Å². The first-order valence-corrected chi connectivity index (χ1v) is 5.03. The maximum atomic E-state index is 11.1. The molecule has 0 saturated heterocycles. The van der Waals surface area contributed by atoms with Crippen molar-refractivity contribution in [2.75, 3.05) is 34.4 Å². The molecule has 1 unspecified atom stereocenters. The molecule has 5 nitrogen and oxygen atoms in total. The van der Waals surface area contributed by atoms with Gasteiger partial charge < -0.3 is 14.4 Å². The number of methoxy groups -OCH3 is 1. The first kappa shape index (κ1) is 14.6. The molecule has 0 aromatic heterocycles. The van der Waals surface area contributed by atoms with Gasteiger partial charge in [0.25, 0.3) is 0 Å². The molecule has 0 radical (unpaired) electrons. The van der Waals surface area contributed by atoms with Crippen LogP contribution in [0.2, 0.25) is 0 Å². The summed E-state index contributed by atoms with van der Waals surface area (Å²) in [5, 5.41) is 0. The van der Waals surface area contributed by atoms with Crippen molar-refractivity contribution < 1.29 is 19.1 Å². The second-order valence-electron chi connectivity index (χ2n) is 3.85. The fourth-order valence-corrected chi connectivity index (χ4v) is 1.15. The number of esters is 2. The summed E-state index contributed by atoms with van der Waals surface area (Å²) >= 11 is 0. The van der Waals surface area contributed by atoms with Gasteiger partial charge >= 0.3 is 11.9 Å². The number of ether oxygens (including phenoxy) is 2. The lowest BCUT2D eigenvalue weighted by Crippen LogP contribution is -2.23. The van der Waals surface area contributed by atoms with Crippen LogP contribution in [0.25, 0.3) is 0 Å². The molecule has 0 rings (SSSR count). The zero-order chi connectivity index (χ0) is 12.6. The van der Waals surface area contributed by atoms with E-state index in [0.717, 1.165) is 18.7 Å². The zero-order valence-corrected chi connectivity index (χ0v) is 10.2. The highest BCUT2D eigenvalue weighted by atomic mass is 16.5. The van der Waals surface area contributed by atoms with Gasteiger partial charge in [-0.1, -0.05) is 6.92 Å². The van der Waals surface area contributed by atoms with Crippen molar-refractivity contribution in [2.45, 2.75) is 6.92 Å². The molecular formula is C11H19NO4. The van der Waals surface area contributed by atoms with Gasteiger partial charge in [-0.3, -0.25) is 0 Å². The summed E-state index contributed by atoms with van der Waals surface area (Å²) in [5.41, 5.74) is 0. The fourth-order valence-electron chi connectivity index (χ4n) is 1.15. The quantitative estimate of drug-likeness (QED) is 0.489. The van der Waals surface area contributed by atoms with E-state index in [1.54, 1.807) is 0 Å². The highest BCUT2D eigenvalue weighted by molar-refractivity contribution is 5.91. The number of hydrogen-bond donors (Lipinski definition) is 0. The largest absolute Gasteiger partial charge is 0.466 e. The predicted molar refractivity (Wildman–Crippen MR) is 59.8 cm³/mol. The van der Waals surface area contributed by atoms with Crippen LogP contribution in [0.5, 0.6) is 0 Å². The van der Waals surface area contributed by atoms with E-state index in [1.165, 1.54) is 7.11 Å². The molecule has 92 valence electrons. The predicted octanol–water partition coefficient (Wildman–Crippen LogP) is 0.456. The van der Waals surface area contributed by atoms with Gasteiger partial charge in [0.15, 0.2) is 0 Å². The summed E-state index contributed by atoms with van der Waals surface area (Å²) in [6.45, 7) is 3.16. The Morgan fingerprint density at radius 2 is 1.81 bits per heavy atom. The topological polar surface area (TPSA) is 55.8 Å².